The zero-order chi connectivity index (χ0) is 19.4. The van der Waals surface area contributed by atoms with Gasteiger partial charge in [0, 0.05) is 30.5 Å². The molecule has 6 rings (SSSR count). The summed E-state index contributed by atoms with van der Waals surface area (Å²) in [6.07, 6.45) is 0. The van der Waals surface area contributed by atoms with Crippen LogP contribution in [0.5, 0.6) is 0 Å². The zero-order valence-electron chi connectivity index (χ0n) is 15.8. The summed E-state index contributed by atoms with van der Waals surface area (Å²) in [6, 6.07) is 34.6. The number of rotatable bonds is 2. The van der Waals surface area contributed by atoms with Gasteiger partial charge < -0.3 is 0 Å². The first-order chi connectivity index (χ1) is 14.3. The number of fused-ring (bicyclic) bond motifs is 3. The van der Waals surface area contributed by atoms with E-state index in [-0.39, 0.29) is 20.1 Å². The molecule has 1 radical (unpaired) electrons. The summed E-state index contributed by atoms with van der Waals surface area (Å²) < 4.78 is 0. The fourth-order valence-corrected chi connectivity index (χ4v) is 4.38. The van der Waals surface area contributed by atoms with E-state index in [2.05, 4.69) is 66.7 Å². The number of halogens is 1. The van der Waals surface area contributed by atoms with Gasteiger partial charge in [0.15, 0.2) is 0 Å². The van der Waals surface area contributed by atoms with E-state index in [1.807, 2.05) is 30.3 Å². The first-order valence-electron chi connectivity index (χ1n) is 9.59. The van der Waals surface area contributed by atoms with Crippen LogP contribution < -0.4 is 0 Å². The second kappa shape index (κ2) is 7.48. The number of nitrogens with zero attached hydrogens (tertiary/aromatic N) is 1. The van der Waals surface area contributed by atoms with E-state index in [0.29, 0.717) is 0 Å². The number of hydrogen-bond donors (Lipinski definition) is 0. The molecule has 0 atom stereocenters. The minimum absolute atomic E-state index is 0. The second-order valence-corrected chi connectivity index (χ2v) is 7.73. The van der Waals surface area contributed by atoms with E-state index < -0.39 is 0 Å². The van der Waals surface area contributed by atoms with Crippen molar-refractivity contribution in [2.75, 3.05) is 0 Å². The Balaban J connectivity index is 0.00000193. The standard InChI is InChI=1S/C27H15ClN.Ir/c28-20-13-11-17(12-14-20)18-5-3-6-19(15-18)26-16-24-22-8-2-1-7-21(22)23-9-4-10-25(29-26)27(23)24;/h1-5,7-16H;/q-1;. The van der Waals surface area contributed by atoms with Crippen LogP contribution in [0.25, 0.3) is 55.5 Å². The van der Waals surface area contributed by atoms with Crippen LogP contribution in [-0.2, 0) is 20.1 Å². The molecule has 0 amide bonds. The molecular formula is C27H15ClIrN-. The van der Waals surface area contributed by atoms with Crippen LogP contribution in [0, 0.1) is 6.07 Å². The first-order valence-corrected chi connectivity index (χ1v) is 9.97. The van der Waals surface area contributed by atoms with Crippen LogP contribution in [0.2, 0.25) is 5.02 Å². The van der Waals surface area contributed by atoms with Crippen LogP contribution in [0.15, 0.2) is 91.0 Å². The molecule has 1 nitrogen and oxygen atoms in total. The third-order valence-corrected chi connectivity index (χ3v) is 5.85. The number of pyridine rings is 1. The number of hydrogen-bond acceptors (Lipinski definition) is 1. The summed E-state index contributed by atoms with van der Waals surface area (Å²) in [4.78, 5) is 4.99. The van der Waals surface area contributed by atoms with E-state index in [9.17, 15) is 0 Å². The molecule has 1 aliphatic carbocycles. The molecule has 0 spiro atoms. The summed E-state index contributed by atoms with van der Waals surface area (Å²) in [7, 11) is 0. The zero-order valence-corrected chi connectivity index (χ0v) is 19.0. The molecule has 0 N–H and O–H groups in total. The number of benzene rings is 4. The van der Waals surface area contributed by atoms with E-state index >= 15 is 0 Å². The molecule has 0 saturated heterocycles. The molecule has 145 valence electrons. The fraction of sp³-hybridized carbons (Fsp3) is 0. The predicted molar refractivity (Wildman–Crippen MR) is 121 cm³/mol. The quantitative estimate of drug-likeness (QED) is 0.192. The summed E-state index contributed by atoms with van der Waals surface area (Å²) >= 11 is 6.05. The van der Waals surface area contributed by atoms with Gasteiger partial charge in [0.25, 0.3) is 0 Å². The van der Waals surface area contributed by atoms with Gasteiger partial charge in [0.1, 0.15) is 0 Å². The summed E-state index contributed by atoms with van der Waals surface area (Å²) in [5.41, 5.74) is 10.3. The molecule has 4 aromatic carbocycles. The van der Waals surface area contributed by atoms with Crippen molar-refractivity contribution < 1.29 is 20.1 Å². The van der Waals surface area contributed by atoms with Gasteiger partial charge in [-0.1, -0.05) is 66.2 Å². The Hall–Kier alpha value is -2.77. The van der Waals surface area contributed by atoms with Crippen molar-refractivity contribution >= 4 is 22.5 Å². The van der Waals surface area contributed by atoms with Gasteiger partial charge in [0.05, 0.1) is 5.52 Å². The Kier molecular flexibility index (Phi) is 4.79. The van der Waals surface area contributed by atoms with Crippen LogP contribution in [-0.4, -0.2) is 4.98 Å². The van der Waals surface area contributed by atoms with Crippen LogP contribution in [0.4, 0.5) is 0 Å². The van der Waals surface area contributed by atoms with Gasteiger partial charge in [-0.2, -0.15) is 0 Å². The maximum atomic E-state index is 6.05. The third-order valence-electron chi connectivity index (χ3n) is 5.60. The molecular weight excluding hydrogens is 566 g/mol. The SMILES string of the molecule is Clc1ccc(-c2cc[c-]c(-c3cc4c5c(cccc5n3)-c3ccccc3-4)c2)cc1.[Ir]. The minimum Gasteiger partial charge on any atom is -0.296 e. The van der Waals surface area contributed by atoms with Crippen molar-refractivity contribution in [2.24, 2.45) is 0 Å². The van der Waals surface area contributed by atoms with Crippen molar-refractivity contribution in [3.8, 4) is 44.6 Å². The minimum atomic E-state index is 0. The average Bonchev–Trinajstić information content (AvgIpc) is 3.10. The molecule has 1 heterocycles. The third kappa shape index (κ3) is 3.00. The fourth-order valence-electron chi connectivity index (χ4n) is 4.25. The molecule has 0 bridgehead atoms. The first kappa shape index (κ1) is 19.2. The largest absolute Gasteiger partial charge is 0.296 e. The maximum Gasteiger partial charge on any atom is 0.0607 e. The van der Waals surface area contributed by atoms with Gasteiger partial charge in [-0.05, 0) is 51.7 Å². The Labute approximate surface area is 193 Å². The monoisotopic (exact) mass is 581 g/mol. The van der Waals surface area contributed by atoms with Gasteiger partial charge in [-0.25, -0.2) is 0 Å². The average molecular weight is 581 g/mol. The second-order valence-electron chi connectivity index (χ2n) is 7.30. The van der Waals surface area contributed by atoms with Crippen molar-refractivity contribution in [1.82, 2.24) is 4.98 Å². The van der Waals surface area contributed by atoms with E-state index in [1.165, 1.54) is 27.6 Å². The molecule has 0 aliphatic heterocycles. The van der Waals surface area contributed by atoms with Crippen molar-refractivity contribution in [1.29, 1.82) is 0 Å². The summed E-state index contributed by atoms with van der Waals surface area (Å²) in [6.45, 7) is 0. The van der Waals surface area contributed by atoms with Crippen LogP contribution in [0.1, 0.15) is 0 Å². The molecule has 0 saturated carbocycles. The Bertz CT molecular complexity index is 1410. The smallest absolute Gasteiger partial charge is 0.0607 e. The molecule has 1 aliphatic rings. The molecule has 30 heavy (non-hydrogen) atoms. The summed E-state index contributed by atoms with van der Waals surface area (Å²) in [5, 5.41) is 1.98. The molecule has 5 aromatic rings. The van der Waals surface area contributed by atoms with Gasteiger partial charge in [-0.15, -0.1) is 35.4 Å². The van der Waals surface area contributed by atoms with Gasteiger partial charge in [0.2, 0.25) is 0 Å². The van der Waals surface area contributed by atoms with Crippen LogP contribution >= 0.6 is 11.6 Å². The molecule has 0 fully saturated rings. The predicted octanol–water partition coefficient (Wildman–Crippen LogP) is 7.67. The van der Waals surface area contributed by atoms with Gasteiger partial charge in [-0.3, -0.25) is 4.98 Å². The maximum absolute atomic E-state index is 6.05. The molecule has 1 aromatic heterocycles. The Morgan fingerprint density at radius 1 is 0.667 bits per heavy atom. The van der Waals surface area contributed by atoms with Crippen molar-refractivity contribution in [3.05, 3.63) is 102 Å². The molecule has 0 unspecified atom stereocenters. The Morgan fingerprint density at radius 3 is 2.20 bits per heavy atom. The van der Waals surface area contributed by atoms with E-state index in [4.69, 9.17) is 16.6 Å². The Morgan fingerprint density at radius 2 is 1.40 bits per heavy atom. The normalized spacial score (nSPS) is 11.2. The van der Waals surface area contributed by atoms with Crippen molar-refractivity contribution in [3.63, 3.8) is 0 Å². The topological polar surface area (TPSA) is 12.9 Å². The summed E-state index contributed by atoms with van der Waals surface area (Å²) in [5.74, 6) is 0. The van der Waals surface area contributed by atoms with Crippen molar-refractivity contribution in [2.45, 2.75) is 0 Å². The van der Waals surface area contributed by atoms with Gasteiger partial charge >= 0.3 is 0 Å². The van der Waals surface area contributed by atoms with Crippen LogP contribution in [0.3, 0.4) is 0 Å². The van der Waals surface area contributed by atoms with E-state index in [1.54, 1.807) is 0 Å². The molecule has 3 heteroatoms. The number of aromatic nitrogens is 1. The van der Waals surface area contributed by atoms with E-state index in [0.717, 1.165) is 32.9 Å².